The van der Waals surface area contributed by atoms with E-state index in [1.807, 2.05) is 49.4 Å². The van der Waals surface area contributed by atoms with Crippen LogP contribution in [0.4, 0.5) is 5.82 Å². The van der Waals surface area contributed by atoms with E-state index in [2.05, 4.69) is 18.7 Å². The van der Waals surface area contributed by atoms with Crippen molar-refractivity contribution in [3.8, 4) is 0 Å². The van der Waals surface area contributed by atoms with E-state index in [1.54, 1.807) is 21.6 Å². The first kappa shape index (κ1) is 24.7. The molecule has 0 spiro atoms. The van der Waals surface area contributed by atoms with Gasteiger partial charge in [-0.3, -0.25) is 18.9 Å². The molecule has 3 aromatic rings. The summed E-state index contributed by atoms with van der Waals surface area (Å²) in [5.74, 6) is 1.49. The largest absolute Gasteiger partial charge is 0.355 e. The molecular weight excluding hydrogens is 488 g/mol. The first-order valence-corrected chi connectivity index (χ1v) is 13.6. The molecule has 36 heavy (non-hydrogen) atoms. The van der Waals surface area contributed by atoms with Crippen molar-refractivity contribution in [1.82, 2.24) is 14.3 Å². The molecule has 186 valence electrons. The summed E-state index contributed by atoms with van der Waals surface area (Å²) >= 11 is 6.82. The summed E-state index contributed by atoms with van der Waals surface area (Å²) in [5.41, 5.74) is 3.01. The molecule has 6 nitrogen and oxygen atoms in total. The molecular formula is C28H30N4O2S2. The van der Waals surface area contributed by atoms with E-state index >= 15 is 0 Å². The lowest BCUT2D eigenvalue weighted by Gasteiger charge is -2.36. The van der Waals surface area contributed by atoms with Gasteiger partial charge in [0.15, 0.2) is 0 Å². The van der Waals surface area contributed by atoms with Crippen LogP contribution in [0.1, 0.15) is 37.0 Å². The average molecular weight is 519 g/mol. The van der Waals surface area contributed by atoms with E-state index in [1.165, 1.54) is 11.8 Å². The molecule has 0 N–H and O–H groups in total. The van der Waals surface area contributed by atoms with Gasteiger partial charge in [0.1, 0.15) is 15.8 Å². The van der Waals surface area contributed by atoms with Crippen LogP contribution in [0.2, 0.25) is 0 Å². The molecule has 5 rings (SSSR count). The van der Waals surface area contributed by atoms with E-state index in [0.717, 1.165) is 37.1 Å². The predicted molar refractivity (Wildman–Crippen MR) is 151 cm³/mol. The molecule has 0 radical (unpaired) electrons. The molecule has 0 saturated carbocycles. The number of nitrogens with zero attached hydrogens (tertiary/aromatic N) is 4. The lowest BCUT2D eigenvalue weighted by Crippen LogP contribution is -2.40. The molecule has 0 bridgehead atoms. The molecule has 2 aliphatic heterocycles. The molecule has 2 atom stereocenters. The lowest BCUT2D eigenvalue weighted by atomic mass is 9.91. The Morgan fingerprint density at radius 3 is 2.53 bits per heavy atom. The summed E-state index contributed by atoms with van der Waals surface area (Å²) in [6.07, 6.45) is 5.38. The number of amides is 1. The molecule has 4 heterocycles. The summed E-state index contributed by atoms with van der Waals surface area (Å²) in [7, 11) is 0. The summed E-state index contributed by atoms with van der Waals surface area (Å²) in [5, 5.41) is 0. The average Bonchev–Trinajstić information content (AvgIpc) is 3.11. The summed E-state index contributed by atoms with van der Waals surface area (Å²) in [6.45, 7) is 8.59. The van der Waals surface area contributed by atoms with Crippen LogP contribution in [0.3, 0.4) is 0 Å². The van der Waals surface area contributed by atoms with Crippen LogP contribution in [0.25, 0.3) is 11.7 Å². The fraction of sp³-hybridized carbons (Fsp3) is 0.357. The number of carbonyl (C=O) groups is 1. The van der Waals surface area contributed by atoms with Crippen LogP contribution in [0.15, 0.2) is 58.4 Å². The number of pyridine rings is 1. The number of aromatic nitrogens is 2. The van der Waals surface area contributed by atoms with E-state index in [4.69, 9.17) is 17.2 Å². The maximum Gasteiger partial charge on any atom is 0.267 e. The van der Waals surface area contributed by atoms with Crippen LogP contribution in [0, 0.1) is 18.8 Å². The number of rotatable bonds is 5. The number of fused-ring (bicyclic) bond motifs is 1. The number of hydrogen-bond donors (Lipinski definition) is 0. The van der Waals surface area contributed by atoms with Gasteiger partial charge in [-0.05, 0) is 54.9 Å². The van der Waals surface area contributed by atoms with Crippen LogP contribution >= 0.6 is 24.0 Å². The molecule has 8 heteroatoms. The van der Waals surface area contributed by atoms with Gasteiger partial charge in [-0.25, -0.2) is 4.98 Å². The second-order valence-corrected chi connectivity index (χ2v) is 11.7. The van der Waals surface area contributed by atoms with Gasteiger partial charge in [-0.2, -0.15) is 0 Å². The Morgan fingerprint density at radius 1 is 1.08 bits per heavy atom. The van der Waals surface area contributed by atoms with Gasteiger partial charge in [0.05, 0.1) is 10.5 Å². The minimum absolute atomic E-state index is 0.152. The Bertz CT molecular complexity index is 1410. The molecule has 2 aliphatic rings. The molecule has 2 aromatic heterocycles. The zero-order valence-corrected chi connectivity index (χ0v) is 22.4. The Kier molecular flexibility index (Phi) is 6.99. The predicted octanol–water partition coefficient (Wildman–Crippen LogP) is 4.93. The highest BCUT2D eigenvalue weighted by Gasteiger charge is 2.33. The number of hydrogen-bond acceptors (Lipinski definition) is 6. The van der Waals surface area contributed by atoms with Gasteiger partial charge >= 0.3 is 0 Å². The maximum atomic E-state index is 13.8. The summed E-state index contributed by atoms with van der Waals surface area (Å²) in [6, 6.07) is 13.9. The third-order valence-corrected chi connectivity index (χ3v) is 8.15. The summed E-state index contributed by atoms with van der Waals surface area (Å²) in [4.78, 5) is 36.4. The minimum Gasteiger partial charge on any atom is -0.355 e. The number of benzene rings is 1. The number of aryl methyl sites for hydroxylation is 1. The smallest absolute Gasteiger partial charge is 0.267 e. The lowest BCUT2D eigenvalue weighted by molar-refractivity contribution is -0.122. The number of carbonyl (C=O) groups excluding carboxylic acids is 1. The standard InChI is InChI=1S/C28H30N4O2S2/c1-18-9-10-24-29-25(30-15-19(2)13-20(3)16-30)22(26(33)32(24)17-18)14-23-27(34)31(28(35)36-23)12-11-21-7-5-4-6-8-21/h4-10,14,17,19-20H,11-13,15-16H2,1-3H3/b23-14+. The monoisotopic (exact) mass is 518 g/mol. The number of piperidine rings is 1. The van der Waals surface area contributed by atoms with Crippen LogP contribution < -0.4 is 10.5 Å². The number of thioether (sulfide) groups is 1. The fourth-order valence-corrected chi connectivity index (χ4v) is 6.45. The second-order valence-electron chi connectivity index (χ2n) is 10.0. The third-order valence-electron chi connectivity index (χ3n) is 6.77. The number of thiocarbonyl (C=S) groups is 1. The van der Waals surface area contributed by atoms with E-state index < -0.39 is 0 Å². The van der Waals surface area contributed by atoms with Crippen molar-refractivity contribution in [3.63, 3.8) is 0 Å². The molecule has 0 aliphatic carbocycles. The van der Waals surface area contributed by atoms with Crippen molar-refractivity contribution in [3.05, 3.63) is 80.6 Å². The highest BCUT2D eigenvalue weighted by atomic mass is 32.2. The zero-order chi connectivity index (χ0) is 25.4. The Labute approximate surface area is 221 Å². The Balaban J connectivity index is 1.53. The van der Waals surface area contributed by atoms with Gasteiger partial charge in [0, 0.05) is 25.8 Å². The van der Waals surface area contributed by atoms with Crippen molar-refractivity contribution >= 4 is 51.7 Å². The van der Waals surface area contributed by atoms with Gasteiger partial charge in [-0.15, -0.1) is 0 Å². The highest BCUT2D eigenvalue weighted by Crippen LogP contribution is 2.34. The fourth-order valence-electron chi connectivity index (χ4n) is 5.16. The van der Waals surface area contributed by atoms with Crippen molar-refractivity contribution in [2.75, 3.05) is 24.5 Å². The maximum absolute atomic E-state index is 13.8. The van der Waals surface area contributed by atoms with Crippen LogP contribution in [-0.2, 0) is 11.2 Å². The third kappa shape index (κ3) is 4.97. The minimum atomic E-state index is -0.167. The van der Waals surface area contributed by atoms with E-state index in [0.29, 0.717) is 44.6 Å². The molecule has 1 amide bonds. The van der Waals surface area contributed by atoms with E-state index in [-0.39, 0.29) is 11.5 Å². The topological polar surface area (TPSA) is 57.9 Å². The first-order valence-electron chi connectivity index (χ1n) is 12.4. The summed E-state index contributed by atoms with van der Waals surface area (Å²) < 4.78 is 2.10. The molecule has 2 saturated heterocycles. The SMILES string of the molecule is Cc1ccc2nc(N3CC(C)CC(C)C3)c(/C=C3/SC(=S)N(CCc4ccccc4)C3=O)c(=O)n2c1. The molecule has 2 fully saturated rings. The normalized spacial score (nSPS) is 21.7. The van der Waals surface area contributed by atoms with Crippen molar-refractivity contribution in [2.24, 2.45) is 11.8 Å². The van der Waals surface area contributed by atoms with Gasteiger partial charge in [0.2, 0.25) is 0 Å². The van der Waals surface area contributed by atoms with Crippen molar-refractivity contribution in [1.29, 1.82) is 0 Å². The molecule has 2 unspecified atom stereocenters. The van der Waals surface area contributed by atoms with Gasteiger partial charge in [0.25, 0.3) is 11.5 Å². The van der Waals surface area contributed by atoms with Crippen molar-refractivity contribution in [2.45, 2.75) is 33.6 Å². The number of anilines is 1. The van der Waals surface area contributed by atoms with Crippen molar-refractivity contribution < 1.29 is 4.79 Å². The van der Waals surface area contributed by atoms with Gasteiger partial charge < -0.3 is 4.90 Å². The highest BCUT2D eigenvalue weighted by molar-refractivity contribution is 8.26. The Morgan fingerprint density at radius 2 is 1.81 bits per heavy atom. The van der Waals surface area contributed by atoms with E-state index in [9.17, 15) is 9.59 Å². The van der Waals surface area contributed by atoms with Gasteiger partial charge in [-0.1, -0.05) is 74.2 Å². The van der Waals surface area contributed by atoms with Crippen LogP contribution in [0.5, 0.6) is 0 Å². The Hall–Kier alpha value is -2.97. The molecule has 1 aromatic carbocycles. The zero-order valence-electron chi connectivity index (χ0n) is 20.8. The second kappa shape index (κ2) is 10.2. The van der Waals surface area contributed by atoms with Crippen LogP contribution in [-0.4, -0.2) is 44.1 Å². The quantitative estimate of drug-likeness (QED) is 0.353. The first-order chi connectivity index (χ1) is 17.3.